The van der Waals surface area contributed by atoms with Crippen LogP contribution in [-0.4, -0.2) is 34.9 Å². The molecule has 108 valence electrons. The van der Waals surface area contributed by atoms with E-state index in [1.54, 1.807) is 4.90 Å². The molecule has 1 aliphatic heterocycles. The Labute approximate surface area is 119 Å². The van der Waals surface area contributed by atoms with E-state index in [0.29, 0.717) is 12.1 Å². The predicted molar refractivity (Wildman–Crippen MR) is 77.9 cm³/mol. The number of nitrogens with two attached hydrogens (primary N) is 1. The molecule has 0 saturated carbocycles. The summed E-state index contributed by atoms with van der Waals surface area (Å²) in [5.74, 6) is 0.180. The van der Waals surface area contributed by atoms with Crippen LogP contribution < -0.4 is 5.73 Å². The van der Waals surface area contributed by atoms with Crippen molar-refractivity contribution in [3.8, 4) is 0 Å². The standard InChI is InChI=1S/C15H21N3O2/c1-2-11-5-7-12(8-6-11)15(19)18-9-3-4-13(10-18)14(16)17-20/h5-8,13,20H,2-4,9-10H2,1H3,(H2,16,17). The van der Waals surface area contributed by atoms with Crippen molar-refractivity contribution in [2.45, 2.75) is 26.2 Å². The molecule has 0 aliphatic carbocycles. The lowest BCUT2D eigenvalue weighted by Gasteiger charge is -2.32. The summed E-state index contributed by atoms with van der Waals surface area (Å²) in [6, 6.07) is 7.71. The molecule has 0 bridgehead atoms. The lowest BCUT2D eigenvalue weighted by atomic mass is 9.96. The van der Waals surface area contributed by atoms with Crippen molar-refractivity contribution in [2.24, 2.45) is 16.8 Å². The molecule has 0 spiro atoms. The van der Waals surface area contributed by atoms with Crippen LogP contribution in [-0.2, 0) is 6.42 Å². The van der Waals surface area contributed by atoms with Crippen molar-refractivity contribution in [1.82, 2.24) is 4.90 Å². The molecule has 2 rings (SSSR count). The number of likely N-dealkylation sites (tertiary alicyclic amines) is 1. The fraction of sp³-hybridized carbons (Fsp3) is 0.467. The second-order valence-electron chi connectivity index (χ2n) is 5.17. The number of nitrogens with zero attached hydrogens (tertiary/aromatic N) is 2. The van der Waals surface area contributed by atoms with Crippen LogP contribution in [0.25, 0.3) is 0 Å². The Kier molecular flexibility index (Phi) is 4.61. The molecule has 1 amide bonds. The molecule has 20 heavy (non-hydrogen) atoms. The Morgan fingerprint density at radius 1 is 1.45 bits per heavy atom. The Hall–Kier alpha value is -2.04. The van der Waals surface area contributed by atoms with Crippen LogP contribution in [0.5, 0.6) is 0 Å². The topological polar surface area (TPSA) is 78.9 Å². The fourth-order valence-electron chi connectivity index (χ4n) is 2.55. The molecule has 1 aromatic rings. The van der Waals surface area contributed by atoms with Gasteiger partial charge in [0, 0.05) is 24.6 Å². The molecule has 1 atom stereocenters. The summed E-state index contributed by atoms with van der Waals surface area (Å²) >= 11 is 0. The highest BCUT2D eigenvalue weighted by Crippen LogP contribution is 2.19. The van der Waals surface area contributed by atoms with Crippen molar-refractivity contribution >= 4 is 11.7 Å². The number of hydrogen-bond acceptors (Lipinski definition) is 3. The number of carbonyl (C=O) groups excluding carboxylic acids is 1. The van der Waals surface area contributed by atoms with Gasteiger partial charge < -0.3 is 15.8 Å². The zero-order chi connectivity index (χ0) is 14.5. The minimum Gasteiger partial charge on any atom is -0.409 e. The van der Waals surface area contributed by atoms with E-state index in [1.165, 1.54) is 5.56 Å². The lowest BCUT2D eigenvalue weighted by molar-refractivity contribution is 0.0701. The van der Waals surface area contributed by atoms with Gasteiger partial charge in [-0.05, 0) is 37.0 Å². The number of oxime groups is 1. The molecule has 1 fully saturated rings. The highest BCUT2D eigenvalue weighted by molar-refractivity contribution is 5.95. The molecule has 1 saturated heterocycles. The number of hydrogen-bond donors (Lipinski definition) is 2. The number of carbonyl (C=O) groups is 1. The molecule has 1 aromatic carbocycles. The average molecular weight is 275 g/mol. The first-order valence-corrected chi connectivity index (χ1v) is 7.01. The van der Waals surface area contributed by atoms with Gasteiger partial charge in [-0.1, -0.05) is 24.2 Å². The van der Waals surface area contributed by atoms with E-state index in [-0.39, 0.29) is 17.7 Å². The molecule has 1 aliphatic rings. The van der Waals surface area contributed by atoms with Crippen LogP contribution in [0.1, 0.15) is 35.7 Å². The minimum absolute atomic E-state index is 0.0168. The first kappa shape index (κ1) is 14.4. The average Bonchev–Trinajstić information content (AvgIpc) is 2.53. The highest BCUT2D eigenvalue weighted by Gasteiger charge is 2.26. The van der Waals surface area contributed by atoms with Gasteiger partial charge in [0.2, 0.25) is 0 Å². The second kappa shape index (κ2) is 6.41. The van der Waals surface area contributed by atoms with Gasteiger partial charge in [0.1, 0.15) is 5.84 Å². The zero-order valence-electron chi connectivity index (χ0n) is 11.7. The van der Waals surface area contributed by atoms with Crippen LogP contribution in [0.4, 0.5) is 0 Å². The van der Waals surface area contributed by atoms with Gasteiger partial charge in [-0.15, -0.1) is 0 Å². The smallest absolute Gasteiger partial charge is 0.253 e. The van der Waals surface area contributed by atoms with Crippen LogP contribution in [0.15, 0.2) is 29.4 Å². The van der Waals surface area contributed by atoms with E-state index >= 15 is 0 Å². The van der Waals surface area contributed by atoms with Gasteiger partial charge in [-0.3, -0.25) is 4.79 Å². The molecule has 0 aromatic heterocycles. The van der Waals surface area contributed by atoms with Gasteiger partial charge in [-0.2, -0.15) is 0 Å². The van der Waals surface area contributed by atoms with Crippen LogP contribution in [0.2, 0.25) is 0 Å². The first-order chi connectivity index (χ1) is 9.65. The number of piperidine rings is 1. The molecule has 1 unspecified atom stereocenters. The maximum Gasteiger partial charge on any atom is 0.253 e. The predicted octanol–water partition coefficient (Wildman–Crippen LogP) is 1.85. The Morgan fingerprint density at radius 2 is 2.15 bits per heavy atom. The van der Waals surface area contributed by atoms with E-state index in [2.05, 4.69) is 12.1 Å². The van der Waals surface area contributed by atoms with Gasteiger partial charge in [0.05, 0.1) is 0 Å². The molecule has 5 heteroatoms. The molecular formula is C15H21N3O2. The number of aryl methyl sites for hydroxylation is 1. The van der Waals surface area contributed by atoms with E-state index in [0.717, 1.165) is 25.8 Å². The van der Waals surface area contributed by atoms with Crippen molar-refractivity contribution in [2.75, 3.05) is 13.1 Å². The van der Waals surface area contributed by atoms with Crippen molar-refractivity contribution in [3.63, 3.8) is 0 Å². The van der Waals surface area contributed by atoms with Gasteiger partial charge in [0.15, 0.2) is 0 Å². The molecular weight excluding hydrogens is 254 g/mol. The fourth-order valence-corrected chi connectivity index (χ4v) is 2.55. The van der Waals surface area contributed by atoms with Gasteiger partial charge in [-0.25, -0.2) is 0 Å². The van der Waals surface area contributed by atoms with Gasteiger partial charge >= 0.3 is 0 Å². The maximum atomic E-state index is 12.4. The molecule has 1 heterocycles. The van der Waals surface area contributed by atoms with E-state index in [4.69, 9.17) is 10.9 Å². The van der Waals surface area contributed by atoms with Crippen molar-refractivity contribution in [3.05, 3.63) is 35.4 Å². The van der Waals surface area contributed by atoms with E-state index in [9.17, 15) is 4.79 Å². The minimum atomic E-state index is -0.0485. The Morgan fingerprint density at radius 3 is 2.75 bits per heavy atom. The summed E-state index contributed by atoms with van der Waals surface area (Å²) in [6.07, 6.45) is 2.69. The third-order valence-corrected chi connectivity index (χ3v) is 3.85. The summed E-state index contributed by atoms with van der Waals surface area (Å²) in [6.45, 7) is 3.33. The SMILES string of the molecule is CCc1ccc(C(=O)N2CCCC(C(N)=NO)C2)cc1. The third kappa shape index (κ3) is 3.10. The summed E-state index contributed by atoms with van der Waals surface area (Å²) in [7, 11) is 0. The van der Waals surface area contributed by atoms with Gasteiger partial charge in [0.25, 0.3) is 5.91 Å². The number of rotatable bonds is 3. The largest absolute Gasteiger partial charge is 0.409 e. The molecule has 0 radical (unpaired) electrons. The van der Waals surface area contributed by atoms with Crippen molar-refractivity contribution in [1.29, 1.82) is 0 Å². The zero-order valence-corrected chi connectivity index (χ0v) is 11.7. The number of benzene rings is 1. The van der Waals surface area contributed by atoms with Crippen LogP contribution in [0, 0.1) is 5.92 Å². The van der Waals surface area contributed by atoms with Crippen LogP contribution in [0.3, 0.4) is 0 Å². The summed E-state index contributed by atoms with van der Waals surface area (Å²) in [5, 5.41) is 11.8. The lowest BCUT2D eigenvalue weighted by Crippen LogP contribution is -2.44. The monoisotopic (exact) mass is 275 g/mol. The first-order valence-electron chi connectivity index (χ1n) is 7.01. The Balaban J connectivity index is 2.07. The normalized spacial score (nSPS) is 19.9. The quantitative estimate of drug-likeness (QED) is 0.382. The maximum absolute atomic E-state index is 12.4. The van der Waals surface area contributed by atoms with E-state index in [1.807, 2.05) is 24.3 Å². The molecule has 3 N–H and O–H groups in total. The number of amidine groups is 1. The summed E-state index contributed by atoms with van der Waals surface area (Å²) < 4.78 is 0. The van der Waals surface area contributed by atoms with E-state index < -0.39 is 0 Å². The third-order valence-electron chi connectivity index (χ3n) is 3.85. The summed E-state index contributed by atoms with van der Waals surface area (Å²) in [4.78, 5) is 14.2. The van der Waals surface area contributed by atoms with Crippen molar-refractivity contribution < 1.29 is 10.0 Å². The Bertz CT molecular complexity index is 496. The second-order valence-corrected chi connectivity index (χ2v) is 5.17. The summed E-state index contributed by atoms with van der Waals surface area (Å²) in [5.41, 5.74) is 7.56. The number of amides is 1. The highest BCUT2D eigenvalue weighted by atomic mass is 16.4. The molecule has 5 nitrogen and oxygen atoms in total. The van der Waals surface area contributed by atoms with Crippen LogP contribution >= 0.6 is 0 Å².